The van der Waals surface area contributed by atoms with Crippen LogP contribution in [0.25, 0.3) is 43.0 Å². The van der Waals surface area contributed by atoms with E-state index in [0.717, 1.165) is 83.9 Å². The highest BCUT2D eigenvalue weighted by molar-refractivity contribution is 7.22. The maximum absolute atomic E-state index is 15.7. The zero-order chi connectivity index (χ0) is 32.0. The monoisotopic (exact) mass is 624 g/mol. The molecule has 0 fully saturated rings. The van der Waals surface area contributed by atoms with Gasteiger partial charge in [0.05, 0.1) is 29.5 Å². The van der Waals surface area contributed by atoms with Gasteiger partial charge in [-0.15, -0.1) is 11.3 Å². The minimum absolute atomic E-state index is 0.115. The highest BCUT2D eigenvalue weighted by Crippen LogP contribution is 2.47. The van der Waals surface area contributed by atoms with Gasteiger partial charge in [0.15, 0.2) is 17.3 Å². The number of methoxy groups -OCH3 is 1. The van der Waals surface area contributed by atoms with Crippen molar-refractivity contribution in [2.75, 3.05) is 13.7 Å². The van der Waals surface area contributed by atoms with E-state index in [0.29, 0.717) is 12.4 Å². The van der Waals surface area contributed by atoms with E-state index in [9.17, 15) is 4.79 Å². The molecular weight excluding hydrogens is 587 g/mol. The van der Waals surface area contributed by atoms with Crippen LogP contribution < -0.4 is 9.47 Å². The quantitative estimate of drug-likeness (QED) is 0.180. The molecule has 0 saturated carbocycles. The molecule has 0 radical (unpaired) electrons. The van der Waals surface area contributed by atoms with Gasteiger partial charge in [-0.05, 0) is 101 Å². The zero-order valence-electron chi connectivity index (χ0n) is 26.7. The van der Waals surface area contributed by atoms with Crippen molar-refractivity contribution < 1.29 is 23.4 Å². The van der Waals surface area contributed by atoms with Crippen LogP contribution in [0.5, 0.6) is 11.5 Å². The third-order valence-electron chi connectivity index (χ3n) is 8.16. The number of pyridine rings is 1. The number of nitrogens with zero attached hydrogens (tertiary/aromatic N) is 2. The Morgan fingerprint density at radius 2 is 1.87 bits per heavy atom. The molecule has 45 heavy (non-hydrogen) atoms. The highest BCUT2D eigenvalue weighted by atomic mass is 32.1. The fraction of sp³-hybridized carbons (Fsp3) is 0.324. The third kappa shape index (κ3) is 5.85. The van der Waals surface area contributed by atoms with E-state index in [2.05, 4.69) is 11.1 Å². The lowest BCUT2D eigenvalue weighted by molar-refractivity contribution is -0.138. The second kappa shape index (κ2) is 12.0. The molecule has 8 heteroatoms. The SMILES string of the molecule is COc1ccncc1-c1cccc(-c2nc3cc(C)c([C@H](OC(C)(C)C)C(C)=O)c(-c4cc(F)c5c(c4C)CCCO5)c3s2)c1. The van der Waals surface area contributed by atoms with Crippen molar-refractivity contribution in [1.82, 2.24) is 9.97 Å². The van der Waals surface area contributed by atoms with Crippen LogP contribution in [0.2, 0.25) is 0 Å². The summed E-state index contributed by atoms with van der Waals surface area (Å²) in [6, 6.07) is 13.5. The number of carbonyl (C=O) groups excluding carboxylic acids is 1. The number of aromatic nitrogens is 2. The van der Waals surface area contributed by atoms with E-state index >= 15 is 4.39 Å². The number of hydrogen-bond donors (Lipinski definition) is 0. The Morgan fingerprint density at radius 1 is 1.09 bits per heavy atom. The number of carbonyl (C=O) groups is 1. The van der Waals surface area contributed by atoms with Crippen molar-refractivity contribution in [3.8, 4) is 44.3 Å². The molecular formula is C37H37FN2O4S. The lowest BCUT2D eigenvalue weighted by atomic mass is 9.85. The van der Waals surface area contributed by atoms with E-state index in [1.165, 1.54) is 11.3 Å². The Balaban J connectivity index is 1.62. The molecule has 1 aliphatic heterocycles. The average molecular weight is 625 g/mol. The van der Waals surface area contributed by atoms with Gasteiger partial charge in [0.25, 0.3) is 0 Å². The molecule has 0 unspecified atom stereocenters. The number of Topliss-reactive ketones (excluding diaryl/α,β-unsaturated/α-hetero) is 1. The summed E-state index contributed by atoms with van der Waals surface area (Å²) in [5.74, 6) is 0.549. The van der Waals surface area contributed by atoms with Crippen molar-refractivity contribution in [1.29, 1.82) is 0 Å². The smallest absolute Gasteiger partial charge is 0.165 e. The van der Waals surface area contributed by atoms with E-state index in [1.807, 2.05) is 65.0 Å². The molecule has 0 N–H and O–H groups in total. The van der Waals surface area contributed by atoms with E-state index in [1.54, 1.807) is 32.5 Å². The van der Waals surface area contributed by atoms with Crippen molar-refractivity contribution >= 4 is 27.3 Å². The van der Waals surface area contributed by atoms with Crippen LogP contribution in [0.3, 0.4) is 0 Å². The summed E-state index contributed by atoms with van der Waals surface area (Å²) in [6.45, 7) is 11.8. The summed E-state index contributed by atoms with van der Waals surface area (Å²) in [4.78, 5) is 22.7. The molecule has 2 aromatic heterocycles. The predicted molar refractivity (Wildman–Crippen MR) is 178 cm³/mol. The zero-order valence-corrected chi connectivity index (χ0v) is 27.5. The number of halogens is 1. The van der Waals surface area contributed by atoms with Gasteiger partial charge in [0.1, 0.15) is 16.9 Å². The summed E-state index contributed by atoms with van der Waals surface area (Å²) >= 11 is 1.53. The molecule has 3 aromatic carbocycles. The number of ether oxygens (including phenoxy) is 3. The maximum atomic E-state index is 15.7. The Bertz CT molecular complexity index is 1940. The highest BCUT2D eigenvalue weighted by Gasteiger charge is 2.32. The van der Waals surface area contributed by atoms with Gasteiger partial charge in [0, 0.05) is 40.2 Å². The molecule has 0 bridgehead atoms. The predicted octanol–water partition coefficient (Wildman–Crippen LogP) is 9.23. The molecule has 1 aliphatic rings. The molecule has 0 amide bonds. The largest absolute Gasteiger partial charge is 0.496 e. The van der Waals surface area contributed by atoms with Crippen molar-refractivity contribution in [3.63, 3.8) is 0 Å². The normalized spacial score (nSPS) is 13.8. The maximum Gasteiger partial charge on any atom is 0.165 e. The first-order valence-electron chi connectivity index (χ1n) is 15.1. The summed E-state index contributed by atoms with van der Waals surface area (Å²) < 4.78 is 34.4. The van der Waals surface area contributed by atoms with Crippen LogP contribution >= 0.6 is 11.3 Å². The number of thiazole rings is 1. The van der Waals surface area contributed by atoms with Crippen LogP contribution in [0.4, 0.5) is 4.39 Å². The molecule has 0 spiro atoms. The van der Waals surface area contributed by atoms with Crippen molar-refractivity contribution in [3.05, 3.63) is 82.9 Å². The van der Waals surface area contributed by atoms with Crippen LogP contribution in [0.15, 0.2) is 54.9 Å². The van der Waals surface area contributed by atoms with E-state index in [4.69, 9.17) is 19.2 Å². The standard InChI is InChI=1S/C37H37FN2O4S/c1-20-16-29-35(45-36(40-29)24-11-8-10-23(17-24)27-19-39-14-13-30(27)42-7)32(31(20)33(22(3)41)44-37(4,5)6)26-18-28(38)34-25(21(26)2)12-9-15-43-34/h8,10-11,13-14,16-19,33H,9,12,15H2,1-7H3/t33-/m1/s1. The summed E-state index contributed by atoms with van der Waals surface area (Å²) in [6.07, 6.45) is 4.20. The molecule has 5 aromatic rings. The average Bonchev–Trinajstić information content (AvgIpc) is 3.44. The number of ketones is 1. The van der Waals surface area contributed by atoms with Gasteiger partial charge in [-0.25, -0.2) is 9.37 Å². The van der Waals surface area contributed by atoms with Crippen LogP contribution in [-0.2, 0) is 16.0 Å². The number of rotatable bonds is 7. The lowest BCUT2D eigenvalue weighted by Gasteiger charge is -2.30. The summed E-state index contributed by atoms with van der Waals surface area (Å²) in [7, 11) is 1.65. The Morgan fingerprint density at radius 3 is 2.60 bits per heavy atom. The van der Waals surface area contributed by atoms with Crippen molar-refractivity contribution in [2.45, 2.75) is 66.1 Å². The minimum atomic E-state index is -0.842. The van der Waals surface area contributed by atoms with Gasteiger partial charge in [0.2, 0.25) is 0 Å². The van der Waals surface area contributed by atoms with Gasteiger partial charge < -0.3 is 14.2 Å². The number of hydrogen-bond acceptors (Lipinski definition) is 7. The number of benzene rings is 3. The van der Waals surface area contributed by atoms with Crippen LogP contribution in [0, 0.1) is 19.7 Å². The van der Waals surface area contributed by atoms with Gasteiger partial charge >= 0.3 is 0 Å². The minimum Gasteiger partial charge on any atom is -0.496 e. The first-order valence-corrected chi connectivity index (χ1v) is 15.9. The van der Waals surface area contributed by atoms with Gasteiger partial charge in [-0.3, -0.25) is 9.78 Å². The van der Waals surface area contributed by atoms with E-state index < -0.39 is 17.5 Å². The molecule has 6 rings (SSSR count). The Labute approximate surface area is 267 Å². The molecule has 6 nitrogen and oxygen atoms in total. The Hall–Kier alpha value is -4.14. The third-order valence-corrected chi connectivity index (χ3v) is 9.30. The van der Waals surface area contributed by atoms with Crippen LogP contribution in [0.1, 0.15) is 62.5 Å². The summed E-state index contributed by atoms with van der Waals surface area (Å²) in [5, 5.41) is 0.808. The first-order chi connectivity index (χ1) is 21.5. The summed E-state index contributed by atoms with van der Waals surface area (Å²) in [5.41, 5.74) is 7.89. The van der Waals surface area contributed by atoms with Crippen molar-refractivity contribution in [2.24, 2.45) is 0 Å². The topological polar surface area (TPSA) is 70.5 Å². The molecule has 0 saturated heterocycles. The van der Waals surface area contributed by atoms with Crippen LogP contribution in [-0.4, -0.2) is 35.1 Å². The Kier molecular flexibility index (Phi) is 8.22. The van der Waals surface area contributed by atoms with Gasteiger partial charge in [-0.2, -0.15) is 0 Å². The van der Waals surface area contributed by atoms with Gasteiger partial charge in [-0.1, -0.05) is 18.2 Å². The second-order valence-electron chi connectivity index (χ2n) is 12.5. The second-order valence-corrected chi connectivity index (χ2v) is 13.5. The molecule has 0 aliphatic carbocycles. The fourth-order valence-corrected chi connectivity index (χ4v) is 7.27. The molecule has 1 atom stereocenters. The number of fused-ring (bicyclic) bond motifs is 2. The first kappa shape index (κ1) is 30.9. The molecule has 232 valence electrons. The number of aryl methyl sites for hydroxylation is 1. The molecule has 3 heterocycles. The van der Waals surface area contributed by atoms with E-state index in [-0.39, 0.29) is 5.78 Å². The fourth-order valence-electron chi connectivity index (χ4n) is 6.15. The lowest BCUT2D eigenvalue weighted by Crippen LogP contribution is -2.27.